The summed E-state index contributed by atoms with van der Waals surface area (Å²) < 4.78 is 3.46. The second-order valence-corrected chi connectivity index (χ2v) is 8.81. The molecule has 4 aromatic carbocycles. The van der Waals surface area contributed by atoms with Crippen molar-refractivity contribution >= 4 is 44.4 Å². The third-order valence-electron chi connectivity index (χ3n) is 7.00. The lowest BCUT2D eigenvalue weighted by Crippen LogP contribution is -2.24. The van der Waals surface area contributed by atoms with Gasteiger partial charge >= 0.3 is 5.69 Å². The molecule has 4 nitrogen and oxygen atoms in total. The summed E-state index contributed by atoms with van der Waals surface area (Å²) in [7, 11) is 1.85. The highest BCUT2D eigenvalue weighted by Crippen LogP contribution is 2.37. The molecule has 0 radical (unpaired) electrons. The molecular weight excluding hydrogens is 406 g/mol. The van der Waals surface area contributed by atoms with E-state index in [1.165, 1.54) is 27.5 Å². The first-order valence-corrected chi connectivity index (χ1v) is 11.3. The van der Waals surface area contributed by atoms with E-state index in [0.717, 1.165) is 40.3 Å². The first kappa shape index (κ1) is 18.4. The number of hydrogen-bond acceptors (Lipinski definition) is 2. The fourth-order valence-corrected chi connectivity index (χ4v) is 5.39. The second kappa shape index (κ2) is 6.66. The summed E-state index contributed by atoms with van der Waals surface area (Å²) in [6, 6.07) is 25.1. The molecule has 0 N–H and O–H groups in total. The maximum Gasteiger partial charge on any atom is 0.334 e. The fourth-order valence-electron chi connectivity index (χ4n) is 5.39. The molecule has 0 unspecified atom stereocenters. The lowest BCUT2D eigenvalue weighted by Gasteiger charge is -2.19. The molecule has 0 saturated carbocycles. The van der Waals surface area contributed by atoms with Gasteiger partial charge in [-0.3, -0.25) is 4.57 Å². The molecule has 158 valence electrons. The third kappa shape index (κ3) is 2.52. The minimum absolute atomic E-state index is 0.0798. The Morgan fingerprint density at radius 1 is 0.879 bits per heavy atom. The van der Waals surface area contributed by atoms with Crippen LogP contribution in [0.25, 0.3) is 55.6 Å². The smallest absolute Gasteiger partial charge is 0.296 e. The molecule has 0 bridgehead atoms. The van der Waals surface area contributed by atoms with E-state index in [4.69, 9.17) is 4.98 Å². The molecule has 33 heavy (non-hydrogen) atoms. The van der Waals surface area contributed by atoms with Gasteiger partial charge in [0.2, 0.25) is 0 Å². The average Bonchev–Trinajstić information content (AvgIpc) is 3.26. The lowest BCUT2D eigenvalue weighted by atomic mass is 9.85. The molecule has 2 heterocycles. The van der Waals surface area contributed by atoms with Crippen molar-refractivity contribution < 1.29 is 0 Å². The van der Waals surface area contributed by atoms with Gasteiger partial charge in [0, 0.05) is 12.4 Å². The van der Waals surface area contributed by atoms with Crippen molar-refractivity contribution in [2.45, 2.75) is 12.8 Å². The van der Waals surface area contributed by atoms with Crippen LogP contribution in [-0.2, 0) is 13.5 Å². The molecule has 0 aliphatic heterocycles. The van der Waals surface area contributed by atoms with Crippen LogP contribution in [0.4, 0.5) is 0 Å². The van der Waals surface area contributed by atoms with Crippen LogP contribution in [0.3, 0.4) is 0 Å². The number of nitrogens with zero attached hydrogens (tertiary/aromatic N) is 3. The number of rotatable bonds is 1. The van der Waals surface area contributed by atoms with Crippen LogP contribution in [-0.4, -0.2) is 14.0 Å². The zero-order valence-electron chi connectivity index (χ0n) is 18.2. The zero-order chi connectivity index (χ0) is 22.1. The van der Waals surface area contributed by atoms with Gasteiger partial charge in [-0.2, -0.15) is 0 Å². The van der Waals surface area contributed by atoms with Crippen molar-refractivity contribution in [3.05, 3.63) is 100 Å². The Morgan fingerprint density at radius 2 is 1.73 bits per heavy atom. The Morgan fingerprint density at radius 3 is 2.67 bits per heavy atom. The van der Waals surface area contributed by atoms with Gasteiger partial charge in [0.05, 0.1) is 16.6 Å². The van der Waals surface area contributed by atoms with Crippen LogP contribution in [0.15, 0.2) is 83.7 Å². The largest absolute Gasteiger partial charge is 0.334 e. The average molecular weight is 428 g/mol. The van der Waals surface area contributed by atoms with Gasteiger partial charge in [0.25, 0.3) is 0 Å². The lowest BCUT2D eigenvalue weighted by molar-refractivity contribution is 0.836. The van der Waals surface area contributed by atoms with E-state index in [1.807, 2.05) is 31.3 Å². The summed E-state index contributed by atoms with van der Waals surface area (Å²) in [6.45, 7) is 0. The highest BCUT2D eigenvalue weighted by molar-refractivity contribution is 6.01. The molecule has 6 aromatic rings. The predicted octanol–water partition coefficient (Wildman–Crippen LogP) is 6.12. The molecule has 1 aliphatic rings. The highest BCUT2D eigenvalue weighted by atomic mass is 16.1. The first-order chi connectivity index (χ1) is 16.2. The molecule has 0 fully saturated rings. The zero-order valence-corrected chi connectivity index (χ0v) is 18.2. The van der Waals surface area contributed by atoms with Gasteiger partial charge in [-0.15, -0.1) is 0 Å². The predicted molar refractivity (Wildman–Crippen MR) is 136 cm³/mol. The van der Waals surface area contributed by atoms with Gasteiger partial charge in [-0.05, 0) is 76.2 Å². The van der Waals surface area contributed by atoms with E-state index < -0.39 is 0 Å². The summed E-state index contributed by atoms with van der Waals surface area (Å²) >= 11 is 0. The number of para-hydroxylation sites is 2. The molecule has 0 saturated heterocycles. The quantitative estimate of drug-likeness (QED) is 0.317. The molecule has 2 aromatic heterocycles. The van der Waals surface area contributed by atoms with Gasteiger partial charge in [-0.25, -0.2) is 14.2 Å². The van der Waals surface area contributed by atoms with Crippen molar-refractivity contribution in [1.82, 2.24) is 14.0 Å². The van der Waals surface area contributed by atoms with E-state index in [1.54, 1.807) is 8.97 Å². The number of aromatic nitrogens is 3. The standard InChI is InChI=1S/C29H21N3O/c1-31-27-17-19(24-16-18-8-2-3-9-20(18)21-10-4-5-11-22(21)24)14-15-23(27)28-30-25-12-6-7-13-26(25)32(28)29(31)33/h2-3,5-9,11-17H,4,10H2,1H3. The summed E-state index contributed by atoms with van der Waals surface area (Å²) in [5.41, 5.74) is 8.22. The molecule has 0 atom stereocenters. The molecular formula is C29H21N3O. The van der Waals surface area contributed by atoms with Crippen LogP contribution in [0, 0.1) is 0 Å². The monoisotopic (exact) mass is 427 g/mol. The molecule has 4 heteroatoms. The number of fused-ring (bicyclic) bond motifs is 8. The summed E-state index contributed by atoms with van der Waals surface area (Å²) in [5.74, 6) is 0. The van der Waals surface area contributed by atoms with Crippen molar-refractivity contribution in [3.63, 3.8) is 0 Å². The first-order valence-electron chi connectivity index (χ1n) is 11.3. The van der Waals surface area contributed by atoms with E-state index in [2.05, 4.69) is 60.7 Å². The van der Waals surface area contributed by atoms with Crippen LogP contribution in [0.5, 0.6) is 0 Å². The SMILES string of the molecule is Cn1c(=O)n2c3ccccc3nc2c2ccc(-c3cc4ccccc4c4c3C=CCC4)cc21. The number of allylic oxidation sites excluding steroid dienone is 1. The summed E-state index contributed by atoms with van der Waals surface area (Å²) in [4.78, 5) is 18.1. The topological polar surface area (TPSA) is 39.3 Å². The van der Waals surface area contributed by atoms with Crippen molar-refractivity contribution in [3.8, 4) is 11.1 Å². The van der Waals surface area contributed by atoms with Gasteiger partial charge in [0.1, 0.15) is 0 Å². The minimum Gasteiger partial charge on any atom is -0.296 e. The van der Waals surface area contributed by atoms with Crippen molar-refractivity contribution in [2.24, 2.45) is 7.05 Å². The Labute approximate surface area is 190 Å². The summed E-state index contributed by atoms with van der Waals surface area (Å²) in [6.07, 6.45) is 6.64. The number of hydrogen-bond donors (Lipinski definition) is 0. The van der Waals surface area contributed by atoms with Crippen LogP contribution >= 0.6 is 0 Å². The molecule has 7 rings (SSSR count). The highest BCUT2D eigenvalue weighted by Gasteiger charge is 2.18. The summed E-state index contributed by atoms with van der Waals surface area (Å²) in [5, 5.41) is 3.56. The van der Waals surface area contributed by atoms with E-state index >= 15 is 0 Å². The Hall–Kier alpha value is -4.18. The molecule has 0 spiro atoms. The van der Waals surface area contributed by atoms with Gasteiger partial charge in [-0.1, -0.05) is 54.6 Å². The van der Waals surface area contributed by atoms with E-state index in [9.17, 15) is 4.79 Å². The second-order valence-electron chi connectivity index (χ2n) is 8.81. The van der Waals surface area contributed by atoms with Crippen LogP contribution < -0.4 is 5.69 Å². The number of imidazole rings is 1. The minimum atomic E-state index is -0.0798. The van der Waals surface area contributed by atoms with Crippen LogP contribution in [0.1, 0.15) is 17.5 Å². The van der Waals surface area contributed by atoms with Gasteiger partial charge < -0.3 is 0 Å². The number of aryl methyl sites for hydroxylation is 2. The Balaban J connectivity index is 1.56. The fraction of sp³-hybridized carbons (Fsp3) is 0.103. The van der Waals surface area contributed by atoms with E-state index in [0.29, 0.717) is 5.65 Å². The van der Waals surface area contributed by atoms with Crippen molar-refractivity contribution in [1.29, 1.82) is 0 Å². The molecule has 0 amide bonds. The Kier molecular flexibility index (Phi) is 3.71. The third-order valence-corrected chi connectivity index (χ3v) is 7.00. The van der Waals surface area contributed by atoms with Crippen molar-refractivity contribution in [2.75, 3.05) is 0 Å². The molecule has 1 aliphatic carbocycles. The van der Waals surface area contributed by atoms with E-state index in [-0.39, 0.29) is 5.69 Å². The van der Waals surface area contributed by atoms with Gasteiger partial charge in [0.15, 0.2) is 5.65 Å². The number of benzene rings is 4. The maximum absolute atomic E-state index is 13.3. The normalized spacial score (nSPS) is 13.4. The van der Waals surface area contributed by atoms with Crippen LogP contribution in [0.2, 0.25) is 0 Å². The Bertz CT molecular complexity index is 1850. The maximum atomic E-state index is 13.3.